The van der Waals surface area contributed by atoms with Crippen LogP contribution in [-0.4, -0.2) is 21.3 Å². The number of nitrogens with zero attached hydrogens (tertiary/aromatic N) is 1. The average Bonchev–Trinajstić information content (AvgIpc) is 2.38. The zero-order chi connectivity index (χ0) is 14.0. The van der Waals surface area contributed by atoms with Gasteiger partial charge in [0, 0.05) is 17.5 Å². The van der Waals surface area contributed by atoms with E-state index in [-0.39, 0.29) is 11.5 Å². The molecule has 0 fully saturated rings. The maximum absolute atomic E-state index is 11.8. The van der Waals surface area contributed by atoms with Crippen molar-refractivity contribution in [2.75, 3.05) is 11.6 Å². The summed E-state index contributed by atoms with van der Waals surface area (Å²) >= 11 is 6.33. The Balaban J connectivity index is 2.54. The van der Waals surface area contributed by atoms with Gasteiger partial charge in [-0.25, -0.2) is 0 Å². The largest absolute Gasteiger partial charge is 0.336 e. The van der Waals surface area contributed by atoms with E-state index >= 15 is 0 Å². The Labute approximate surface area is 119 Å². The molecule has 0 spiro atoms. The monoisotopic (exact) mass is 296 g/mol. The first-order chi connectivity index (χ1) is 9.04. The summed E-state index contributed by atoms with van der Waals surface area (Å²) in [4.78, 5) is 22.6. The molecule has 1 aromatic carbocycles. The van der Waals surface area contributed by atoms with Crippen molar-refractivity contribution in [3.05, 3.63) is 33.4 Å². The molecule has 0 amide bonds. The summed E-state index contributed by atoms with van der Waals surface area (Å²) in [6.07, 6.45) is 3.46. The second-order valence-corrected chi connectivity index (χ2v) is 5.62. The molecule has 1 N–H and O–H groups in total. The van der Waals surface area contributed by atoms with Gasteiger partial charge in [-0.3, -0.25) is 14.9 Å². The topological polar surface area (TPSA) is 72.2 Å². The van der Waals surface area contributed by atoms with Crippen LogP contribution >= 0.6 is 24.0 Å². The Bertz CT molecular complexity index is 572. The van der Waals surface area contributed by atoms with E-state index in [0.29, 0.717) is 40.4 Å². The van der Waals surface area contributed by atoms with Crippen LogP contribution in [0.15, 0.2) is 12.1 Å². The maximum atomic E-state index is 11.8. The molecule has 0 saturated heterocycles. The molecule has 0 atom stereocenters. The Hall–Kier alpha value is -1.47. The minimum atomic E-state index is -0.442. The summed E-state index contributed by atoms with van der Waals surface area (Å²) in [6, 6.07) is 3.21. The molecule has 0 heterocycles. The number of thiocarbonyl (C=S) groups is 1. The molecule has 5 nitrogen and oxygen atoms in total. The van der Waals surface area contributed by atoms with E-state index in [4.69, 9.17) is 12.2 Å². The van der Waals surface area contributed by atoms with Gasteiger partial charge in [-0.15, -0.1) is 11.8 Å². The number of carbonyl (C=O) groups excluding carboxylic acids is 1. The van der Waals surface area contributed by atoms with Gasteiger partial charge in [-0.05, 0) is 31.2 Å². The first-order valence-corrected chi connectivity index (χ1v) is 7.36. The van der Waals surface area contributed by atoms with Crippen LogP contribution in [0.4, 0.5) is 11.4 Å². The van der Waals surface area contributed by atoms with E-state index in [1.807, 2.05) is 0 Å². The average molecular weight is 296 g/mol. The normalized spacial score (nSPS) is 13.8. The quantitative estimate of drug-likeness (QED) is 0.513. The minimum absolute atomic E-state index is 0.0247. The molecule has 1 aliphatic carbocycles. The second-order valence-electron chi connectivity index (χ2n) is 4.14. The fraction of sp³-hybridized carbons (Fsp3) is 0.333. The Kier molecular flexibility index (Phi) is 4.16. The number of benzene rings is 1. The van der Waals surface area contributed by atoms with Crippen molar-refractivity contribution in [2.24, 2.45) is 0 Å². The summed E-state index contributed by atoms with van der Waals surface area (Å²) in [5, 5.41) is 14.1. The third-order valence-electron chi connectivity index (χ3n) is 3.02. The van der Waals surface area contributed by atoms with Gasteiger partial charge in [0.25, 0.3) is 5.69 Å². The molecule has 7 heteroatoms. The highest BCUT2D eigenvalue weighted by Crippen LogP contribution is 2.36. The van der Waals surface area contributed by atoms with Gasteiger partial charge >= 0.3 is 0 Å². The number of nitro benzene ring substituents is 1. The summed E-state index contributed by atoms with van der Waals surface area (Å²) < 4.78 is 0.463. The summed E-state index contributed by atoms with van der Waals surface area (Å²) in [5.41, 5.74) is 1.33. The molecule has 0 unspecified atom stereocenters. The van der Waals surface area contributed by atoms with Crippen molar-refractivity contribution in [3.63, 3.8) is 0 Å². The second kappa shape index (κ2) is 5.66. The molecule has 0 aliphatic heterocycles. The van der Waals surface area contributed by atoms with Gasteiger partial charge in [0.05, 0.1) is 4.92 Å². The lowest BCUT2D eigenvalue weighted by molar-refractivity contribution is -0.384. The molecule has 1 aromatic rings. The molecule has 0 aromatic heterocycles. The number of hydrogen-bond acceptors (Lipinski definition) is 5. The number of hydrogen-bond donors (Lipinski definition) is 1. The number of Topliss-reactive ketones (excluding diaryl/α,β-unsaturated/α-hetero) is 1. The number of thioether (sulfide) groups is 1. The lowest BCUT2D eigenvalue weighted by Crippen LogP contribution is -2.15. The highest BCUT2D eigenvalue weighted by atomic mass is 32.2. The fourth-order valence-electron chi connectivity index (χ4n) is 2.18. The fourth-order valence-corrected chi connectivity index (χ4v) is 2.50. The molecule has 19 heavy (non-hydrogen) atoms. The van der Waals surface area contributed by atoms with E-state index in [9.17, 15) is 14.9 Å². The van der Waals surface area contributed by atoms with Crippen molar-refractivity contribution in [1.82, 2.24) is 0 Å². The Morgan fingerprint density at radius 1 is 1.47 bits per heavy atom. The zero-order valence-electron chi connectivity index (χ0n) is 10.3. The van der Waals surface area contributed by atoms with Crippen LogP contribution in [-0.2, 0) is 6.42 Å². The Morgan fingerprint density at radius 3 is 2.84 bits per heavy atom. The van der Waals surface area contributed by atoms with Gasteiger partial charge in [0.15, 0.2) is 5.78 Å². The van der Waals surface area contributed by atoms with E-state index in [1.165, 1.54) is 11.8 Å². The minimum Gasteiger partial charge on any atom is -0.336 e. The van der Waals surface area contributed by atoms with Crippen molar-refractivity contribution in [2.45, 2.75) is 19.3 Å². The lowest BCUT2D eigenvalue weighted by atomic mass is 9.89. The summed E-state index contributed by atoms with van der Waals surface area (Å²) in [5.74, 6) is -0.0247. The first-order valence-electron chi connectivity index (χ1n) is 5.73. The van der Waals surface area contributed by atoms with Gasteiger partial charge in [0.2, 0.25) is 0 Å². The number of fused-ring (bicyclic) bond motifs is 1. The number of nitro groups is 1. The molecule has 0 radical (unpaired) electrons. The van der Waals surface area contributed by atoms with Crippen LogP contribution in [0.2, 0.25) is 0 Å². The molecule has 1 aliphatic rings. The highest BCUT2D eigenvalue weighted by molar-refractivity contribution is 8.22. The predicted molar refractivity (Wildman–Crippen MR) is 80.1 cm³/mol. The number of ketones is 1. The number of anilines is 1. The van der Waals surface area contributed by atoms with Crippen molar-refractivity contribution in [3.8, 4) is 0 Å². The van der Waals surface area contributed by atoms with Crippen LogP contribution in [0, 0.1) is 10.1 Å². The third kappa shape index (κ3) is 2.76. The zero-order valence-corrected chi connectivity index (χ0v) is 11.9. The van der Waals surface area contributed by atoms with Gasteiger partial charge in [0.1, 0.15) is 10.0 Å². The van der Waals surface area contributed by atoms with Crippen LogP contribution in [0.25, 0.3) is 0 Å². The molecule has 2 rings (SSSR count). The van der Waals surface area contributed by atoms with Crippen LogP contribution < -0.4 is 5.32 Å². The van der Waals surface area contributed by atoms with Crippen molar-refractivity contribution >= 4 is 45.5 Å². The van der Waals surface area contributed by atoms with Gasteiger partial charge < -0.3 is 5.32 Å². The lowest BCUT2D eigenvalue weighted by Gasteiger charge is -2.17. The number of carbonyl (C=O) groups is 1. The summed E-state index contributed by atoms with van der Waals surface area (Å²) in [6.45, 7) is 0. The van der Waals surface area contributed by atoms with E-state index in [1.54, 1.807) is 18.4 Å². The van der Waals surface area contributed by atoms with E-state index in [2.05, 4.69) is 5.32 Å². The van der Waals surface area contributed by atoms with Crippen molar-refractivity contribution in [1.29, 1.82) is 0 Å². The standard InChI is InChI=1S/C12H12N2O3S2/c1-19-12(18)13-9-6-5-7-8(11(9)14(16)17)3-2-4-10(7)15/h5-6H,2-4H2,1H3,(H,13,18). The number of rotatable bonds is 2. The summed E-state index contributed by atoms with van der Waals surface area (Å²) in [7, 11) is 0. The Morgan fingerprint density at radius 2 is 2.21 bits per heavy atom. The first kappa shape index (κ1) is 14.0. The third-order valence-corrected chi connectivity index (χ3v) is 4.09. The smallest absolute Gasteiger partial charge is 0.296 e. The van der Waals surface area contributed by atoms with Gasteiger partial charge in [-0.1, -0.05) is 12.2 Å². The molecule has 100 valence electrons. The molecule has 0 saturated carbocycles. The van der Waals surface area contributed by atoms with Gasteiger partial charge in [-0.2, -0.15) is 0 Å². The number of nitrogens with one attached hydrogen (secondary N) is 1. The molecular formula is C12H12N2O3S2. The highest BCUT2D eigenvalue weighted by Gasteiger charge is 2.28. The van der Waals surface area contributed by atoms with E-state index < -0.39 is 4.92 Å². The van der Waals surface area contributed by atoms with Crippen LogP contribution in [0.1, 0.15) is 28.8 Å². The SMILES string of the molecule is CSC(=S)Nc1ccc2c(c1[N+](=O)[O-])CCCC2=O. The van der Waals surface area contributed by atoms with Crippen LogP contribution in [0.5, 0.6) is 0 Å². The maximum Gasteiger partial charge on any atom is 0.296 e. The molecule has 0 bridgehead atoms. The van der Waals surface area contributed by atoms with E-state index in [0.717, 1.165) is 0 Å². The molecular weight excluding hydrogens is 284 g/mol. The van der Waals surface area contributed by atoms with Crippen LogP contribution in [0.3, 0.4) is 0 Å². The van der Waals surface area contributed by atoms with Crippen molar-refractivity contribution < 1.29 is 9.72 Å². The predicted octanol–water partition coefficient (Wildman–Crippen LogP) is 3.17.